The summed E-state index contributed by atoms with van der Waals surface area (Å²) in [5.41, 5.74) is -0.0686. The van der Waals surface area contributed by atoms with Crippen LogP contribution in [0.25, 0.3) is 0 Å². The van der Waals surface area contributed by atoms with Crippen molar-refractivity contribution in [2.24, 2.45) is 5.92 Å². The molecule has 0 amide bonds. The molecule has 0 radical (unpaired) electrons. The molecule has 7 rings (SSSR count). The van der Waals surface area contributed by atoms with E-state index >= 15 is 0 Å². The van der Waals surface area contributed by atoms with Gasteiger partial charge in [0.05, 0.1) is 91.1 Å². The summed E-state index contributed by atoms with van der Waals surface area (Å²) >= 11 is 0. The number of esters is 1. The lowest BCUT2D eigenvalue weighted by Crippen LogP contribution is -2.69. The number of fused-ring (bicyclic) bond motifs is 4. The van der Waals surface area contributed by atoms with Gasteiger partial charge in [0.1, 0.15) is 0 Å². The number of ether oxygens (including phenoxy) is 8. The van der Waals surface area contributed by atoms with E-state index in [1.165, 1.54) is 6.08 Å². The largest absolute Gasteiger partial charge is 0.463 e. The fourth-order valence-electron chi connectivity index (χ4n) is 10.7. The Labute approximate surface area is 379 Å². The lowest BCUT2D eigenvalue weighted by molar-refractivity contribution is -0.345. The summed E-state index contributed by atoms with van der Waals surface area (Å²) in [7, 11) is -2.24. The van der Waals surface area contributed by atoms with Crippen LogP contribution >= 0.6 is 0 Å². The van der Waals surface area contributed by atoms with Gasteiger partial charge in [-0.25, -0.2) is 4.79 Å². The second-order valence-corrected chi connectivity index (χ2v) is 26.4. The van der Waals surface area contributed by atoms with Crippen LogP contribution in [0.15, 0.2) is 72.8 Å². The lowest BCUT2D eigenvalue weighted by atomic mass is 9.73. The van der Waals surface area contributed by atoms with Gasteiger partial charge < -0.3 is 42.3 Å². The van der Waals surface area contributed by atoms with Crippen LogP contribution in [0, 0.1) is 5.92 Å². The Balaban J connectivity index is 1.09. The predicted octanol–water partition coefficient (Wildman–Crippen LogP) is 10.5. The first-order chi connectivity index (χ1) is 29.7. The first-order valence-corrected chi connectivity index (χ1v) is 26.8. The van der Waals surface area contributed by atoms with Crippen LogP contribution in [0.4, 0.5) is 0 Å². The first kappa shape index (κ1) is 48.5. The normalized spacial score (nSPS) is 38.4. The van der Waals surface area contributed by atoms with Gasteiger partial charge in [0, 0.05) is 38.4 Å². The average Bonchev–Trinajstić information content (AvgIpc) is 3.43. The van der Waals surface area contributed by atoms with Crippen LogP contribution in [0.3, 0.4) is 0 Å². The predicted molar refractivity (Wildman–Crippen MR) is 247 cm³/mol. The van der Waals surface area contributed by atoms with Crippen molar-refractivity contribution in [3.8, 4) is 0 Å². The van der Waals surface area contributed by atoms with Gasteiger partial charge in [0.25, 0.3) is 0 Å². The van der Waals surface area contributed by atoms with E-state index in [4.69, 9.17) is 42.3 Å². The molecule has 5 aliphatic rings. The van der Waals surface area contributed by atoms with E-state index in [1.54, 1.807) is 0 Å². The van der Waals surface area contributed by atoms with Gasteiger partial charge in [-0.15, -0.1) is 0 Å². The van der Waals surface area contributed by atoms with Crippen LogP contribution in [0.1, 0.15) is 125 Å². The van der Waals surface area contributed by atoms with E-state index in [9.17, 15) is 4.79 Å². The van der Waals surface area contributed by atoms with Gasteiger partial charge in [-0.05, 0) is 95.5 Å². The highest BCUT2D eigenvalue weighted by Gasteiger charge is 2.62. The van der Waals surface area contributed by atoms with E-state index < -0.39 is 30.7 Å². The summed E-state index contributed by atoms with van der Waals surface area (Å²) in [6, 6.07) is 20.7. The molecule has 0 saturated carbocycles. The summed E-state index contributed by atoms with van der Waals surface area (Å²) in [6.07, 6.45) is 7.70. The fraction of sp³-hybridized carbons (Fsp3) is 0.712. The molecule has 5 fully saturated rings. The van der Waals surface area contributed by atoms with Crippen molar-refractivity contribution >= 4 is 14.3 Å². The van der Waals surface area contributed by atoms with E-state index in [2.05, 4.69) is 105 Å². The van der Waals surface area contributed by atoms with Crippen molar-refractivity contribution in [3.05, 3.63) is 83.9 Å². The van der Waals surface area contributed by atoms with Crippen molar-refractivity contribution in [2.45, 2.75) is 216 Å². The van der Waals surface area contributed by atoms with Crippen molar-refractivity contribution < 1.29 is 47.1 Å². The van der Waals surface area contributed by atoms with Gasteiger partial charge >= 0.3 is 5.97 Å². The van der Waals surface area contributed by atoms with Crippen LogP contribution in [-0.4, -0.2) is 98.7 Å². The number of benzene rings is 2. The quantitative estimate of drug-likeness (QED) is 0.0789. The molecule has 0 unspecified atom stereocenters. The Morgan fingerprint density at radius 1 is 0.841 bits per heavy atom. The second kappa shape index (κ2) is 19.4. The Morgan fingerprint density at radius 2 is 1.52 bits per heavy atom. The van der Waals surface area contributed by atoms with E-state index in [0.717, 1.165) is 30.4 Å². The summed E-state index contributed by atoms with van der Waals surface area (Å²) in [5, 5.41) is 0.00210. The molecule has 2 aromatic rings. The molecule has 0 bridgehead atoms. The van der Waals surface area contributed by atoms with Crippen LogP contribution in [0.2, 0.25) is 18.1 Å². The van der Waals surface area contributed by atoms with Crippen LogP contribution in [-0.2, 0) is 60.3 Å². The van der Waals surface area contributed by atoms with Crippen LogP contribution in [0.5, 0.6) is 0 Å². The maximum absolute atomic E-state index is 12.3. The third-order valence-electron chi connectivity index (χ3n) is 15.4. The zero-order valence-electron chi connectivity index (χ0n) is 40.2. The maximum atomic E-state index is 12.3. The molecule has 2 aromatic carbocycles. The topological polar surface area (TPSA) is 100 Å². The molecule has 11 heteroatoms. The molecule has 5 saturated heterocycles. The smallest absolute Gasteiger partial charge is 0.330 e. The summed E-state index contributed by atoms with van der Waals surface area (Å²) in [5.74, 6) is -0.176. The number of carbonyl (C=O) groups excluding carboxylic acids is 1. The molecule has 63 heavy (non-hydrogen) atoms. The number of carbonyl (C=O) groups is 1. The third-order valence-corrected chi connectivity index (χ3v) is 20.0. The molecule has 0 N–H and O–H groups in total. The second-order valence-electron chi connectivity index (χ2n) is 21.6. The summed E-state index contributed by atoms with van der Waals surface area (Å²) < 4.78 is 62.0. The highest BCUT2D eigenvalue weighted by atomic mass is 28.4. The molecule has 0 aliphatic carbocycles. The van der Waals surface area contributed by atoms with Gasteiger partial charge in [0.15, 0.2) is 8.32 Å². The van der Waals surface area contributed by atoms with Gasteiger partial charge in [-0.3, -0.25) is 0 Å². The summed E-state index contributed by atoms with van der Waals surface area (Å²) in [4.78, 5) is 12.3. The highest BCUT2D eigenvalue weighted by molar-refractivity contribution is 6.74. The van der Waals surface area contributed by atoms with Crippen molar-refractivity contribution in [2.75, 3.05) is 13.2 Å². The third kappa shape index (κ3) is 11.1. The van der Waals surface area contributed by atoms with E-state index in [0.29, 0.717) is 58.5 Å². The Bertz CT molecular complexity index is 1840. The molecular formula is C52H78O10Si. The van der Waals surface area contributed by atoms with Gasteiger partial charge in [-0.1, -0.05) is 94.4 Å². The standard InChI is InChI=1S/C52H78O10Si/c1-12-55-46(53)25-19-24-42-52(9,62-63(10,11)48(3,4)5)32-41-40(58-42)30-36(2)47-39(57-41)26-27-50(7)43(59-47)31-44-51(8,61-50)33-45(56-35-38-22-17-14-18-23-38)49(6,60-44)28-29-54-34-37-20-15-13-16-21-37/h13-23,25,36,39-45,47H,12,24,26-35H2,1-11H3/b25-19+/t36-,39+,40+,41-,42-,43+,44-,45-,47-,49+,50-,51+,52+/m1/s1. The average molecular weight is 891 g/mol. The van der Waals surface area contributed by atoms with E-state index in [1.807, 2.05) is 37.3 Å². The maximum Gasteiger partial charge on any atom is 0.330 e. The zero-order valence-corrected chi connectivity index (χ0v) is 41.2. The highest BCUT2D eigenvalue weighted by Crippen LogP contribution is 2.53. The monoisotopic (exact) mass is 891 g/mol. The van der Waals surface area contributed by atoms with Gasteiger partial charge in [-0.2, -0.15) is 0 Å². The summed E-state index contributed by atoms with van der Waals surface area (Å²) in [6.45, 7) is 26.3. The minimum Gasteiger partial charge on any atom is -0.463 e. The molecule has 10 nitrogen and oxygen atoms in total. The van der Waals surface area contributed by atoms with E-state index in [-0.39, 0.29) is 65.8 Å². The number of hydrogen-bond donors (Lipinski definition) is 0. The van der Waals surface area contributed by atoms with Crippen molar-refractivity contribution in [1.82, 2.24) is 0 Å². The Kier molecular flexibility index (Phi) is 14.9. The Hall–Kier alpha value is -2.45. The minimum atomic E-state index is -2.24. The number of rotatable bonds is 14. The minimum absolute atomic E-state index is 0.00210. The fourth-order valence-corrected chi connectivity index (χ4v) is 12.4. The lowest BCUT2D eigenvalue weighted by Gasteiger charge is -2.59. The molecule has 5 heterocycles. The van der Waals surface area contributed by atoms with Crippen LogP contribution < -0.4 is 0 Å². The molecular weight excluding hydrogens is 813 g/mol. The zero-order chi connectivity index (χ0) is 45.3. The molecule has 350 valence electrons. The van der Waals surface area contributed by atoms with Crippen molar-refractivity contribution in [1.29, 1.82) is 0 Å². The molecule has 0 spiro atoms. The molecule has 0 aromatic heterocycles. The molecule has 13 atom stereocenters. The van der Waals surface area contributed by atoms with Crippen molar-refractivity contribution in [3.63, 3.8) is 0 Å². The SMILES string of the molecule is CCOC(=O)/C=C/C[C@H]1O[C@H]2C[C@@H](C)[C@H]3O[C@H]4C[C@H]5O[C@@](C)(CCOCc6ccccc6)[C@H](OCc6ccccc6)C[C@]5(C)O[C@]4(C)CC[C@@H]3O[C@@H]2C[C@]1(C)O[Si](C)(C)C(C)(C)C. The Morgan fingerprint density at radius 3 is 2.19 bits per heavy atom. The number of hydrogen-bond acceptors (Lipinski definition) is 10. The van der Waals surface area contributed by atoms with Gasteiger partial charge in [0.2, 0.25) is 0 Å². The first-order valence-electron chi connectivity index (χ1n) is 23.9. The molecule has 5 aliphatic heterocycles.